The Hall–Kier alpha value is -2.18. The van der Waals surface area contributed by atoms with E-state index in [0.29, 0.717) is 19.1 Å². The van der Waals surface area contributed by atoms with Crippen LogP contribution in [0.15, 0.2) is 48.5 Å². The van der Waals surface area contributed by atoms with Crippen LogP contribution in [0.25, 0.3) is 0 Å². The number of hydrogen-bond donors (Lipinski definition) is 1. The Balaban J connectivity index is 1.35. The summed E-state index contributed by atoms with van der Waals surface area (Å²) in [6.07, 6.45) is -6.24. The zero-order valence-corrected chi connectivity index (χ0v) is 23.6. The Bertz CT molecular complexity index is 1150. The molecule has 11 heteroatoms. The molecule has 3 aliphatic rings. The van der Waals surface area contributed by atoms with Crippen LogP contribution in [0.4, 0.5) is 26.3 Å². The molecule has 0 radical (unpaired) electrons. The van der Waals surface area contributed by atoms with E-state index in [1.807, 2.05) is 30.3 Å². The van der Waals surface area contributed by atoms with Crippen molar-refractivity contribution in [3.63, 3.8) is 0 Å². The van der Waals surface area contributed by atoms with Gasteiger partial charge in [0.15, 0.2) is 6.29 Å². The van der Waals surface area contributed by atoms with E-state index in [9.17, 15) is 26.3 Å². The minimum absolute atomic E-state index is 0.0406. The second-order valence-electron chi connectivity index (χ2n) is 11.9. The third-order valence-electron chi connectivity index (χ3n) is 9.25. The first kappa shape index (κ1) is 31.3. The van der Waals surface area contributed by atoms with E-state index in [1.54, 1.807) is 7.11 Å². The van der Waals surface area contributed by atoms with E-state index in [2.05, 4.69) is 5.48 Å². The van der Waals surface area contributed by atoms with Gasteiger partial charge >= 0.3 is 12.4 Å². The van der Waals surface area contributed by atoms with Gasteiger partial charge in [-0.2, -0.15) is 31.8 Å². The van der Waals surface area contributed by atoms with Crippen LogP contribution in [-0.4, -0.2) is 32.8 Å². The van der Waals surface area contributed by atoms with Gasteiger partial charge in [0.1, 0.15) is 6.23 Å². The van der Waals surface area contributed by atoms with Crippen LogP contribution in [-0.2, 0) is 31.4 Å². The van der Waals surface area contributed by atoms with Crippen LogP contribution in [0.1, 0.15) is 79.7 Å². The summed E-state index contributed by atoms with van der Waals surface area (Å²) in [4.78, 5) is 5.51. The first-order valence-electron chi connectivity index (χ1n) is 14.4. The predicted octanol–water partition coefficient (Wildman–Crippen LogP) is 8.02. The van der Waals surface area contributed by atoms with Crippen molar-refractivity contribution in [1.82, 2.24) is 5.48 Å². The van der Waals surface area contributed by atoms with Crippen LogP contribution < -0.4 is 5.48 Å². The van der Waals surface area contributed by atoms with Crippen molar-refractivity contribution < 1.29 is 45.4 Å². The van der Waals surface area contributed by atoms with E-state index < -0.39 is 35.9 Å². The highest BCUT2D eigenvalue weighted by molar-refractivity contribution is 5.35. The van der Waals surface area contributed by atoms with E-state index >= 15 is 0 Å². The molecule has 0 aromatic heterocycles. The van der Waals surface area contributed by atoms with Gasteiger partial charge in [0, 0.05) is 18.4 Å². The Labute approximate surface area is 241 Å². The monoisotopic (exact) mass is 601 g/mol. The number of halogens is 6. The third-order valence-corrected chi connectivity index (χ3v) is 9.25. The van der Waals surface area contributed by atoms with E-state index in [0.717, 1.165) is 56.2 Å². The lowest BCUT2D eigenvalue weighted by Gasteiger charge is -2.43. The molecule has 2 aliphatic heterocycles. The molecule has 232 valence electrons. The van der Waals surface area contributed by atoms with Crippen molar-refractivity contribution in [1.29, 1.82) is 0 Å². The fraction of sp³-hybridized carbons (Fsp3) is 0.613. The van der Waals surface area contributed by atoms with Gasteiger partial charge in [-0.15, -0.1) is 0 Å². The molecule has 1 aliphatic carbocycles. The smallest absolute Gasteiger partial charge is 0.364 e. The van der Waals surface area contributed by atoms with Gasteiger partial charge in [0.05, 0.1) is 30.4 Å². The topological polar surface area (TPSA) is 49.0 Å². The number of hydrogen-bond acceptors (Lipinski definition) is 5. The maximum atomic E-state index is 13.5. The SMILES string of the molecule is CO[C@H]1NOCC12CCC(C[C@@H]1CCO[C@H](O[C@H](C)c3cc(C(F)(F)F)cc(C(F)(F)F)c3)[C@H]1c1ccccc1)CC2. The van der Waals surface area contributed by atoms with E-state index in [-0.39, 0.29) is 35.1 Å². The molecule has 5 rings (SSSR count). The summed E-state index contributed by atoms with van der Waals surface area (Å²) in [7, 11) is 1.68. The highest BCUT2D eigenvalue weighted by Gasteiger charge is 2.48. The van der Waals surface area contributed by atoms with Crippen LogP contribution in [0.3, 0.4) is 0 Å². The highest BCUT2D eigenvalue weighted by atomic mass is 19.4. The zero-order chi connectivity index (χ0) is 30.1. The summed E-state index contributed by atoms with van der Waals surface area (Å²) in [5, 5.41) is 0. The molecule has 1 spiro atoms. The average Bonchev–Trinajstić information content (AvgIpc) is 3.35. The van der Waals surface area contributed by atoms with Crippen LogP contribution >= 0.6 is 0 Å². The predicted molar refractivity (Wildman–Crippen MR) is 142 cm³/mol. The Morgan fingerprint density at radius 2 is 1.60 bits per heavy atom. The molecule has 2 heterocycles. The number of nitrogens with one attached hydrogen (secondary N) is 1. The fourth-order valence-electron chi connectivity index (χ4n) is 6.91. The molecular formula is C31H37F6NO4. The van der Waals surface area contributed by atoms with Gasteiger partial charge in [-0.25, -0.2) is 0 Å². The largest absolute Gasteiger partial charge is 0.416 e. The van der Waals surface area contributed by atoms with Gasteiger partial charge in [-0.05, 0) is 86.6 Å². The Morgan fingerprint density at radius 3 is 2.19 bits per heavy atom. The molecule has 2 aromatic rings. The molecule has 5 atom stereocenters. The molecule has 1 N–H and O–H groups in total. The Kier molecular flexibility index (Phi) is 9.25. The summed E-state index contributed by atoms with van der Waals surface area (Å²) in [6, 6.07) is 11.2. The number of methoxy groups -OCH3 is 1. The zero-order valence-electron chi connectivity index (χ0n) is 23.6. The Morgan fingerprint density at radius 1 is 0.952 bits per heavy atom. The van der Waals surface area contributed by atoms with Gasteiger partial charge in [0.2, 0.25) is 0 Å². The van der Waals surface area contributed by atoms with Crippen molar-refractivity contribution in [2.24, 2.45) is 17.3 Å². The molecule has 1 saturated carbocycles. The molecule has 3 fully saturated rings. The van der Waals surface area contributed by atoms with E-state index in [1.165, 1.54) is 6.92 Å². The van der Waals surface area contributed by atoms with Crippen molar-refractivity contribution >= 4 is 0 Å². The maximum absolute atomic E-state index is 13.5. The van der Waals surface area contributed by atoms with Gasteiger partial charge in [-0.1, -0.05) is 30.3 Å². The number of rotatable bonds is 7. The number of alkyl halides is 6. The van der Waals surface area contributed by atoms with Crippen molar-refractivity contribution in [3.8, 4) is 0 Å². The van der Waals surface area contributed by atoms with Crippen LogP contribution in [0, 0.1) is 17.3 Å². The number of hydroxylamine groups is 1. The van der Waals surface area contributed by atoms with Gasteiger partial charge < -0.3 is 14.2 Å². The molecule has 2 saturated heterocycles. The lowest BCUT2D eigenvalue weighted by molar-refractivity contribution is -0.210. The molecular weight excluding hydrogens is 564 g/mol. The normalized spacial score (nSPS) is 31.4. The minimum Gasteiger partial charge on any atom is -0.364 e. The van der Waals surface area contributed by atoms with Crippen LogP contribution in [0.2, 0.25) is 0 Å². The third kappa shape index (κ3) is 6.80. The van der Waals surface area contributed by atoms with Crippen molar-refractivity contribution in [3.05, 3.63) is 70.8 Å². The molecule has 5 nitrogen and oxygen atoms in total. The standard InChI is InChI=1S/C31H37F6NO4/c1-19(23-15-24(30(32,33)34)17-25(16-23)31(35,36)37)42-27-26(21-6-4-3-5-7-21)22(10-13-40-27)14-20-8-11-29(12-9-20)18-41-38-28(29)39-2/h3-7,15-17,19-20,22,26-28,38H,8-14,18H2,1-2H3/t19-,20?,22+,26+,27-,28-,29?/m1/s1. The van der Waals surface area contributed by atoms with E-state index in [4.69, 9.17) is 19.0 Å². The summed E-state index contributed by atoms with van der Waals surface area (Å²) in [5.41, 5.74) is 0.977. The quantitative estimate of drug-likeness (QED) is 0.326. The lowest BCUT2D eigenvalue weighted by atomic mass is 9.66. The number of benzene rings is 2. The van der Waals surface area contributed by atoms with Gasteiger partial charge in [-0.3, -0.25) is 4.84 Å². The molecule has 42 heavy (non-hydrogen) atoms. The molecule has 2 aromatic carbocycles. The maximum Gasteiger partial charge on any atom is 0.416 e. The summed E-state index contributed by atoms with van der Waals surface area (Å²) >= 11 is 0. The fourth-order valence-corrected chi connectivity index (χ4v) is 6.91. The van der Waals surface area contributed by atoms with Gasteiger partial charge in [0.25, 0.3) is 0 Å². The number of ether oxygens (including phenoxy) is 3. The minimum atomic E-state index is -4.93. The molecule has 0 bridgehead atoms. The second kappa shape index (κ2) is 12.4. The molecule has 0 amide bonds. The summed E-state index contributed by atoms with van der Waals surface area (Å²) < 4.78 is 98.9. The molecule has 0 unspecified atom stereocenters. The first-order valence-corrected chi connectivity index (χ1v) is 14.4. The van der Waals surface area contributed by atoms with Crippen molar-refractivity contribution in [2.45, 2.75) is 82.3 Å². The van der Waals surface area contributed by atoms with Crippen LogP contribution in [0.5, 0.6) is 0 Å². The second-order valence-corrected chi connectivity index (χ2v) is 11.9. The van der Waals surface area contributed by atoms with Crippen molar-refractivity contribution in [2.75, 3.05) is 20.3 Å². The highest BCUT2D eigenvalue weighted by Crippen LogP contribution is 2.49. The summed E-state index contributed by atoms with van der Waals surface area (Å²) in [6.45, 7) is 2.47. The first-order chi connectivity index (χ1) is 19.9. The summed E-state index contributed by atoms with van der Waals surface area (Å²) in [5.74, 6) is 0.397. The lowest BCUT2D eigenvalue weighted by Crippen LogP contribution is -2.43. The average molecular weight is 602 g/mol.